The summed E-state index contributed by atoms with van der Waals surface area (Å²) in [5, 5.41) is 1.22. The van der Waals surface area contributed by atoms with E-state index in [-0.39, 0.29) is 12.1 Å². The molecule has 0 radical (unpaired) electrons. The lowest BCUT2D eigenvalue weighted by molar-refractivity contribution is 0.313. The van der Waals surface area contributed by atoms with E-state index in [0.29, 0.717) is 23.2 Å². The van der Waals surface area contributed by atoms with E-state index < -0.39 is 0 Å². The monoisotopic (exact) mass is 349 g/mol. The Kier molecular flexibility index (Phi) is 4.94. The summed E-state index contributed by atoms with van der Waals surface area (Å²) in [6.45, 7) is 1.89. The highest BCUT2D eigenvalue weighted by atomic mass is 35.5. The second-order valence-corrected chi connectivity index (χ2v) is 6.30. The Morgan fingerprint density at radius 3 is 2.43 bits per heavy atom. The molecule has 0 amide bonds. The maximum absolute atomic E-state index is 6.15. The molecule has 6 heteroatoms. The largest absolute Gasteiger partial charge is 0.463 e. The Morgan fingerprint density at radius 2 is 1.83 bits per heavy atom. The van der Waals surface area contributed by atoms with Crippen molar-refractivity contribution in [1.82, 2.24) is 0 Å². The van der Waals surface area contributed by atoms with Gasteiger partial charge in [0.1, 0.15) is 12.6 Å². The average Bonchev–Trinajstić information content (AvgIpc) is 2.92. The molecular formula is C17H17Cl2N3O. The van der Waals surface area contributed by atoms with Crippen molar-refractivity contribution in [3.63, 3.8) is 0 Å². The molecule has 120 valence electrons. The van der Waals surface area contributed by atoms with E-state index in [2.05, 4.69) is 22.0 Å². The van der Waals surface area contributed by atoms with E-state index in [1.165, 1.54) is 5.56 Å². The Labute approximate surface area is 145 Å². The molecule has 4 nitrogen and oxygen atoms in total. The molecule has 1 aliphatic heterocycles. The predicted molar refractivity (Wildman–Crippen MR) is 95.3 cm³/mol. The van der Waals surface area contributed by atoms with Gasteiger partial charge in [0.25, 0.3) is 6.02 Å². The molecule has 2 aromatic rings. The molecule has 0 bridgehead atoms. The van der Waals surface area contributed by atoms with Crippen LogP contribution in [0.15, 0.2) is 53.5 Å². The van der Waals surface area contributed by atoms with Crippen LogP contribution >= 0.6 is 23.2 Å². The van der Waals surface area contributed by atoms with Crippen LogP contribution in [0.2, 0.25) is 10.0 Å². The van der Waals surface area contributed by atoms with Gasteiger partial charge in [0.2, 0.25) is 0 Å². The molecule has 3 rings (SSSR count). The van der Waals surface area contributed by atoms with Crippen LogP contribution in [0, 0.1) is 0 Å². The van der Waals surface area contributed by atoms with Crippen molar-refractivity contribution < 1.29 is 4.74 Å². The number of halogens is 2. The van der Waals surface area contributed by atoms with E-state index >= 15 is 0 Å². The standard InChI is InChI=1S/C17H17Cl2N3O/c18-13-6-14(19)8-16(7-13)22(9-12-4-2-1-3-5-12)10-15-11-23-17(20)21-15/h1-8,15H,9-11H2,(H2,20,21). The first-order valence-corrected chi connectivity index (χ1v) is 8.07. The summed E-state index contributed by atoms with van der Waals surface area (Å²) in [6, 6.07) is 16.0. The Balaban J connectivity index is 1.86. The van der Waals surface area contributed by atoms with Crippen LogP contribution in [0.3, 0.4) is 0 Å². The van der Waals surface area contributed by atoms with Crippen molar-refractivity contribution in [3.8, 4) is 0 Å². The predicted octanol–water partition coefficient (Wildman–Crippen LogP) is 3.71. The fourth-order valence-electron chi connectivity index (χ4n) is 2.57. The Hall–Kier alpha value is -1.91. The van der Waals surface area contributed by atoms with Crippen molar-refractivity contribution in [1.29, 1.82) is 0 Å². The third-order valence-corrected chi connectivity index (χ3v) is 4.03. The normalized spacial score (nSPS) is 16.8. The van der Waals surface area contributed by atoms with Gasteiger partial charge >= 0.3 is 0 Å². The van der Waals surface area contributed by atoms with Gasteiger partial charge in [-0.2, -0.15) is 0 Å². The number of aliphatic imine (C=N–C) groups is 1. The number of benzene rings is 2. The highest BCUT2D eigenvalue weighted by Crippen LogP contribution is 2.27. The van der Waals surface area contributed by atoms with E-state index in [1.54, 1.807) is 6.07 Å². The molecule has 1 aliphatic rings. The topological polar surface area (TPSA) is 50.8 Å². The number of ether oxygens (including phenoxy) is 1. The Bertz CT molecular complexity index is 686. The van der Waals surface area contributed by atoms with Crippen LogP contribution in [-0.4, -0.2) is 25.2 Å². The van der Waals surface area contributed by atoms with E-state index in [1.807, 2.05) is 30.3 Å². The van der Waals surface area contributed by atoms with Crippen LogP contribution in [0.1, 0.15) is 5.56 Å². The summed E-state index contributed by atoms with van der Waals surface area (Å²) >= 11 is 12.3. The maximum atomic E-state index is 6.15. The number of anilines is 1. The van der Waals surface area contributed by atoms with Gasteiger partial charge in [-0.25, -0.2) is 4.99 Å². The van der Waals surface area contributed by atoms with Crippen LogP contribution in [0.5, 0.6) is 0 Å². The third-order valence-electron chi connectivity index (χ3n) is 3.59. The van der Waals surface area contributed by atoms with Gasteiger partial charge in [-0.15, -0.1) is 0 Å². The van der Waals surface area contributed by atoms with Crippen LogP contribution in [0.4, 0.5) is 5.69 Å². The van der Waals surface area contributed by atoms with Crippen LogP contribution in [-0.2, 0) is 11.3 Å². The van der Waals surface area contributed by atoms with Crippen molar-refractivity contribution in [2.45, 2.75) is 12.6 Å². The fourth-order valence-corrected chi connectivity index (χ4v) is 3.09. The molecule has 0 saturated carbocycles. The minimum Gasteiger partial charge on any atom is -0.463 e. The molecule has 1 unspecified atom stereocenters. The van der Waals surface area contributed by atoms with Crippen LogP contribution < -0.4 is 10.6 Å². The molecule has 1 atom stereocenters. The second kappa shape index (κ2) is 7.11. The zero-order valence-corrected chi connectivity index (χ0v) is 14.0. The van der Waals surface area contributed by atoms with Crippen molar-refractivity contribution in [2.75, 3.05) is 18.1 Å². The summed E-state index contributed by atoms with van der Waals surface area (Å²) in [5.41, 5.74) is 7.75. The first-order chi connectivity index (χ1) is 11.1. The van der Waals surface area contributed by atoms with Gasteiger partial charge in [0.05, 0.1) is 0 Å². The number of hydrogen-bond acceptors (Lipinski definition) is 4. The lowest BCUT2D eigenvalue weighted by Crippen LogP contribution is -2.32. The zero-order chi connectivity index (χ0) is 16.2. The molecule has 0 aliphatic carbocycles. The van der Waals surface area contributed by atoms with Gasteiger partial charge in [0.15, 0.2) is 0 Å². The lowest BCUT2D eigenvalue weighted by atomic mass is 10.1. The smallest absolute Gasteiger partial charge is 0.282 e. The van der Waals surface area contributed by atoms with E-state index in [4.69, 9.17) is 33.7 Å². The molecule has 0 saturated heterocycles. The van der Waals surface area contributed by atoms with Gasteiger partial charge < -0.3 is 15.4 Å². The van der Waals surface area contributed by atoms with E-state index in [9.17, 15) is 0 Å². The Morgan fingerprint density at radius 1 is 1.13 bits per heavy atom. The quantitative estimate of drug-likeness (QED) is 0.894. The van der Waals surface area contributed by atoms with Crippen molar-refractivity contribution in [2.24, 2.45) is 10.7 Å². The minimum atomic E-state index is -0.00327. The van der Waals surface area contributed by atoms with Crippen molar-refractivity contribution in [3.05, 3.63) is 64.1 Å². The molecule has 0 aromatic heterocycles. The highest BCUT2D eigenvalue weighted by molar-refractivity contribution is 6.35. The molecule has 23 heavy (non-hydrogen) atoms. The van der Waals surface area contributed by atoms with Gasteiger partial charge in [-0.05, 0) is 23.8 Å². The summed E-state index contributed by atoms with van der Waals surface area (Å²) in [7, 11) is 0. The lowest BCUT2D eigenvalue weighted by Gasteiger charge is -2.27. The zero-order valence-electron chi connectivity index (χ0n) is 12.5. The van der Waals surface area contributed by atoms with Crippen molar-refractivity contribution >= 4 is 34.9 Å². The maximum Gasteiger partial charge on any atom is 0.282 e. The summed E-state index contributed by atoms with van der Waals surface area (Å²) in [6.07, 6.45) is 0. The summed E-state index contributed by atoms with van der Waals surface area (Å²) in [4.78, 5) is 6.49. The second-order valence-electron chi connectivity index (χ2n) is 5.43. The molecule has 2 N–H and O–H groups in total. The average molecular weight is 350 g/mol. The first kappa shape index (κ1) is 16.0. The number of hydrogen-bond donors (Lipinski definition) is 1. The van der Waals surface area contributed by atoms with Crippen LogP contribution in [0.25, 0.3) is 0 Å². The number of nitrogens with two attached hydrogens (primary N) is 1. The summed E-state index contributed by atoms with van der Waals surface area (Å²) in [5.74, 6) is 0. The van der Waals surface area contributed by atoms with E-state index in [0.717, 1.165) is 12.2 Å². The minimum absolute atomic E-state index is 0.00327. The number of nitrogens with zero attached hydrogens (tertiary/aromatic N) is 2. The highest BCUT2D eigenvalue weighted by Gasteiger charge is 2.21. The fraction of sp³-hybridized carbons (Fsp3) is 0.235. The molecular weight excluding hydrogens is 333 g/mol. The third kappa shape index (κ3) is 4.30. The molecule has 2 aromatic carbocycles. The first-order valence-electron chi connectivity index (χ1n) is 7.31. The molecule has 0 fully saturated rings. The molecule has 0 spiro atoms. The SMILES string of the molecule is NC1=NC(CN(Cc2ccccc2)c2cc(Cl)cc(Cl)c2)CO1. The van der Waals surface area contributed by atoms with Gasteiger partial charge in [0, 0.05) is 28.8 Å². The number of amidine groups is 1. The molecule has 1 heterocycles. The van der Waals surface area contributed by atoms with Gasteiger partial charge in [-0.3, -0.25) is 0 Å². The summed E-state index contributed by atoms with van der Waals surface area (Å²) < 4.78 is 5.25. The number of rotatable bonds is 5. The van der Waals surface area contributed by atoms with Gasteiger partial charge in [-0.1, -0.05) is 53.5 Å².